The second-order valence-corrected chi connectivity index (χ2v) is 5.22. The van der Waals surface area contributed by atoms with E-state index in [1.165, 1.54) is 0 Å². The number of rotatable bonds is 4. The Hall–Kier alpha value is -2.62. The molecule has 2 aromatic rings. The fourth-order valence-electron chi connectivity index (χ4n) is 2.23. The number of amides is 2. The van der Waals surface area contributed by atoms with Gasteiger partial charge in [0, 0.05) is 11.4 Å². The lowest BCUT2D eigenvalue weighted by atomic mass is 10.0. The highest BCUT2D eigenvalue weighted by Gasteiger charge is 2.56. The molecule has 21 heavy (non-hydrogen) atoms. The fourth-order valence-corrected chi connectivity index (χ4v) is 2.23. The number of nitrogens with one attached hydrogen (secondary N) is 2. The summed E-state index contributed by atoms with van der Waals surface area (Å²) in [5.41, 5.74) is 0.494. The van der Waals surface area contributed by atoms with Crippen molar-refractivity contribution in [3.63, 3.8) is 0 Å². The summed E-state index contributed by atoms with van der Waals surface area (Å²) in [5.74, 6) is -0.468. The summed E-state index contributed by atoms with van der Waals surface area (Å²) in [7, 11) is 0. The summed E-state index contributed by atoms with van der Waals surface area (Å²) in [6.45, 7) is 0. The van der Waals surface area contributed by atoms with Gasteiger partial charge >= 0.3 is 0 Å². The van der Waals surface area contributed by atoms with Crippen molar-refractivity contribution in [3.05, 3.63) is 60.7 Å². The van der Waals surface area contributed by atoms with E-state index in [1.54, 1.807) is 0 Å². The molecule has 0 aliphatic heterocycles. The van der Waals surface area contributed by atoms with Crippen molar-refractivity contribution < 1.29 is 9.59 Å². The Morgan fingerprint density at radius 3 is 1.43 bits per heavy atom. The Morgan fingerprint density at radius 1 is 0.714 bits per heavy atom. The van der Waals surface area contributed by atoms with Crippen molar-refractivity contribution in [3.8, 4) is 0 Å². The minimum Gasteiger partial charge on any atom is -0.325 e. The molecule has 2 aromatic carbocycles. The van der Waals surface area contributed by atoms with Crippen LogP contribution in [0.15, 0.2) is 60.7 Å². The number of carbonyl (C=O) groups excluding carboxylic acids is 2. The molecule has 4 nitrogen and oxygen atoms in total. The van der Waals surface area contributed by atoms with Gasteiger partial charge < -0.3 is 10.6 Å². The minimum absolute atomic E-state index is 0.234. The molecule has 4 heteroatoms. The Kier molecular flexibility index (Phi) is 3.44. The molecular formula is C17H16N2O2. The molecule has 0 atom stereocenters. The molecule has 2 N–H and O–H groups in total. The summed E-state index contributed by atoms with van der Waals surface area (Å²) in [6, 6.07) is 18.4. The van der Waals surface area contributed by atoms with E-state index in [9.17, 15) is 9.59 Å². The fraction of sp³-hybridized carbons (Fsp3) is 0.176. The predicted octanol–water partition coefficient (Wildman–Crippen LogP) is 3.04. The monoisotopic (exact) mass is 280 g/mol. The second kappa shape index (κ2) is 5.40. The van der Waals surface area contributed by atoms with Crippen molar-refractivity contribution in [2.45, 2.75) is 12.8 Å². The van der Waals surface area contributed by atoms with Gasteiger partial charge in [-0.25, -0.2) is 0 Å². The Bertz CT molecular complexity index is 594. The van der Waals surface area contributed by atoms with Crippen LogP contribution in [0, 0.1) is 5.41 Å². The molecule has 0 unspecified atom stereocenters. The lowest BCUT2D eigenvalue weighted by molar-refractivity contribution is -0.131. The first kappa shape index (κ1) is 13.4. The van der Waals surface area contributed by atoms with E-state index in [0.29, 0.717) is 24.2 Å². The maximum absolute atomic E-state index is 12.4. The number of benzene rings is 2. The molecular weight excluding hydrogens is 264 g/mol. The van der Waals surface area contributed by atoms with E-state index >= 15 is 0 Å². The average Bonchev–Trinajstić information content (AvgIpc) is 3.31. The van der Waals surface area contributed by atoms with Crippen LogP contribution in [0.5, 0.6) is 0 Å². The van der Waals surface area contributed by atoms with Crippen LogP contribution in [0.2, 0.25) is 0 Å². The molecule has 1 aliphatic rings. The van der Waals surface area contributed by atoms with E-state index in [4.69, 9.17) is 0 Å². The van der Waals surface area contributed by atoms with Gasteiger partial charge in [-0.1, -0.05) is 36.4 Å². The number of para-hydroxylation sites is 2. The van der Waals surface area contributed by atoms with Crippen LogP contribution >= 0.6 is 0 Å². The van der Waals surface area contributed by atoms with Crippen molar-refractivity contribution in [2.24, 2.45) is 5.41 Å². The molecule has 0 spiro atoms. The molecule has 1 fully saturated rings. The van der Waals surface area contributed by atoms with Crippen molar-refractivity contribution in [1.29, 1.82) is 0 Å². The maximum Gasteiger partial charge on any atom is 0.240 e. The van der Waals surface area contributed by atoms with Crippen molar-refractivity contribution >= 4 is 23.2 Å². The Labute approximate surface area is 123 Å². The smallest absolute Gasteiger partial charge is 0.240 e. The zero-order valence-corrected chi connectivity index (χ0v) is 11.5. The average molecular weight is 280 g/mol. The van der Waals surface area contributed by atoms with Gasteiger partial charge in [-0.2, -0.15) is 0 Å². The molecule has 3 rings (SSSR count). The highest BCUT2D eigenvalue weighted by atomic mass is 16.2. The number of carbonyl (C=O) groups is 2. The van der Waals surface area contributed by atoms with Crippen LogP contribution in [0.25, 0.3) is 0 Å². The van der Waals surface area contributed by atoms with Gasteiger partial charge in [0.2, 0.25) is 11.8 Å². The first-order valence-corrected chi connectivity index (χ1v) is 6.94. The van der Waals surface area contributed by atoms with Gasteiger partial charge in [0.15, 0.2) is 0 Å². The van der Waals surface area contributed by atoms with Crippen LogP contribution in [0.4, 0.5) is 11.4 Å². The first-order valence-electron chi connectivity index (χ1n) is 6.94. The molecule has 1 saturated carbocycles. The van der Waals surface area contributed by atoms with E-state index in [-0.39, 0.29) is 11.8 Å². The quantitative estimate of drug-likeness (QED) is 0.846. The third kappa shape index (κ3) is 2.79. The number of hydrogen-bond donors (Lipinski definition) is 2. The standard InChI is InChI=1S/C17H16N2O2/c20-15(18-13-7-3-1-4-8-13)17(11-12-17)16(21)19-14-9-5-2-6-10-14/h1-10H,11-12H2,(H,18,20)(H,19,21). The van der Waals surface area contributed by atoms with E-state index in [0.717, 1.165) is 0 Å². The number of hydrogen-bond acceptors (Lipinski definition) is 2. The van der Waals surface area contributed by atoms with E-state index < -0.39 is 5.41 Å². The SMILES string of the molecule is O=C(Nc1ccccc1)C1(C(=O)Nc2ccccc2)CC1. The normalized spacial score (nSPS) is 15.0. The Morgan fingerprint density at radius 2 is 1.10 bits per heavy atom. The van der Waals surface area contributed by atoms with Crippen molar-refractivity contribution in [1.82, 2.24) is 0 Å². The zero-order valence-electron chi connectivity index (χ0n) is 11.5. The van der Waals surface area contributed by atoms with Gasteiger partial charge in [-0.3, -0.25) is 9.59 Å². The summed E-state index contributed by atoms with van der Waals surface area (Å²) in [5, 5.41) is 5.62. The lowest BCUT2D eigenvalue weighted by Crippen LogP contribution is -2.35. The van der Waals surface area contributed by atoms with Crippen LogP contribution in [0.3, 0.4) is 0 Å². The molecule has 0 heterocycles. The number of anilines is 2. The van der Waals surface area contributed by atoms with Gasteiger partial charge in [0.25, 0.3) is 0 Å². The maximum atomic E-state index is 12.4. The zero-order chi connectivity index (χ0) is 14.7. The highest BCUT2D eigenvalue weighted by molar-refractivity contribution is 6.16. The molecule has 106 valence electrons. The summed E-state index contributed by atoms with van der Waals surface area (Å²) in [6.07, 6.45) is 1.18. The highest BCUT2D eigenvalue weighted by Crippen LogP contribution is 2.47. The largest absolute Gasteiger partial charge is 0.325 e. The van der Waals surface area contributed by atoms with Gasteiger partial charge in [0.1, 0.15) is 5.41 Å². The predicted molar refractivity (Wildman–Crippen MR) is 81.8 cm³/mol. The molecule has 0 radical (unpaired) electrons. The lowest BCUT2D eigenvalue weighted by Gasteiger charge is -2.15. The van der Waals surface area contributed by atoms with Crippen LogP contribution in [0.1, 0.15) is 12.8 Å². The third-order valence-electron chi connectivity index (χ3n) is 3.68. The molecule has 2 amide bonds. The topological polar surface area (TPSA) is 58.2 Å². The second-order valence-electron chi connectivity index (χ2n) is 5.22. The van der Waals surface area contributed by atoms with Gasteiger partial charge in [-0.15, -0.1) is 0 Å². The summed E-state index contributed by atoms with van der Waals surface area (Å²) >= 11 is 0. The van der Waals surface area contributed by atoms with Gasteiger partial charge in [-0.05, 0) is 37.1 Å². The van der Waals surface area contributed by atoms with Crippen molar-refractivity contribution in [2.75, 3.05) is 10.6 Å². The third-order valence-corrected chi connectivity index (χ3v) is 3.68. The minimum atomic E-state index is -0.925. The molecule has 0 bridgehead atoms. The molecule has 0 aromatic heterocycles. The summed E-state index contributed by atoms with van der Waals surface area (Å²) in [4.78, 5) is 24.7. The van der Waals surface area contributed by atoms with Crippen LogP contribution in [-0.2, 0) is 9.59 Å². The Balaban J connectivity index is 1.69. The van der Waals surface area contributed by atoms with E-state index in [1.807, 2.05) is 60.7 Å². The summed E-state index contributed by atoms with van der Waals surface area (Å²) < 4.78 is 0. The van der Waals surface area contributed by atoms with Crippen LogP contribution in [-0.4, -0.2) is 11.8 Å². The van der Waals surface area contributed by atoms with Gasteiger partial charge in [0.05, 0.1) is 0 Å². The molecule has 1 aliphatic carbocycles. The molecule has 0 saturated heterocycles. The first-order chi connectivity index (χ1) is 10.2. The van der Waals surface area contributed by atoms with E-state index in [2.05, 4.69) is 10.6 Å². The van der Waals surface area contributed by atoms with Crippen LogP contribution < -0.4 is 10.6 Å².